The van der Waals surface area contributed by atoms with Crippen molar-refractivity contribution in [3.05, 3.63) is 36.0 Å². The van der Waals surface area contributed by atoms with Crippen molar-refractivity contribution in [1.82, 2.24) is 5.32 Å². The first-order valence-electron chi connectivity index (χ1n) is 9.95. The number of rotatable bonds is 12. The Labute approximate surface area is 178 Å². The van der Waals surface area contributed by atoms with Gasteiger partial charge in [0.15, 0.2) is 0 Å². The highest BCUT2D eigenvalue weighted by molar-refractivity contribution is 5.61. The van der Waals surface area contributed by atoms with Crippen molar-refractivity contribution in [2.75, 3.05) is 19.3 Å². The third-order valence-corrected chi connectivity index (χ3v) is 4.40. The van der Waals surface area contributed by atoms with E-state index in [0.29, 0.717) is 25.1 Å². The van der Waals surface area contributed by atoms with E-state index < -0.39 is 24.7 Å². The third kappa shape index (κ3) is 11.0. The van der Waals surface area contributed by atoms with Crippen molar-refractivity contribution in [1.29, 1.82) is 0 Å². The van der Waals surface area contributed by atoms with E-state index in [4.69, 9.17) is 10.5 Å². The number of nitrogens with one attached hydrogen (secondary N) is 1. The van der Waals surface area contributed by atoms with Crippen LogP contribution in [0.15, 0.2) is 35.5 Å². The predicted octanol–water partition coefficient (Wildman–Crippen LogP) is 5.68. The zero-order chi connectivity index (χ0) is 23.5. The van der Waals surface area contributed by atoms with Gasteiger partial charge in [-0.3, -0.25) is 0 Å². The van der Waals surface area contributed by atoms with Crippen molar-refractivity contribution in [3.8, 4) is 5.75 Å². The average molecular weight is 453 g/mol. The molecule has 31 heavy (non-hydrogen) atoms. The maximum Gasteiger partial charge on any atom is 0.396 e. The summed E-state index contributed by atoms with van der Waals surface area (Å²) in [5.74, 6) is -1.34. The van der Waals surface area contributed by atoms with E-state index in [-0.39, 0.29) is 23.8 Å². The van der Waals surface area contributed by atoms with E-state index in [9.17, 15) is 26.3 Å². The van der Waals surface area contributed by atoms with Crippen molar-refractivity contribution < 1.29 is 31.1 Å². The van der Waals surface area contributed by atoms with Crippen LogP contribution in [-0.4, -0.2) is 38.3 Å². The first-order chi connectivity index (χ1) is 14.5. The number of nitrogens with zero attached hydrogens (tertiary/aromatic N) is 1. The third-order valence-electron chi connectivity index (χ3n) is 4.40. The van der Waals surface area contributed by atoms with Crippen LogP contribution in [0.2, 0.25) is 0 Å². The van der Waals surface area contributed by atoms with Gasteiger partial charge in [0.1, 0.15) is 11.9 Å². The molecule has 2 unspecified atom stereocenters. The lowest BCUT2D eigenvalue weighted by Crippen LogP contribution is -2.24. The number of nitrogen functional groups attached to an aromatic ring is 1. The quantitative estimate of drug-likeness (QED) is 0.185. The van der Waals surface area contributed by atoms with E-state index in [1.807, 2.05) is 6.92 Å². The summed E-state index contributed by atoms with van der Waals surface area (Å²) < 4.78 is 82.3. The number of alkyl halides is 6. The van der Waals surface area contributed by atoms with Gasteiger partial charge in [-0.15, -0.1) is 0 Å². The van der Waals surface area contributed by atoms with E-state index in [2.05, 4.69) is 10.3 Å². The zero-order valence-corrected chi connectivity index (χ0v) is 17.6. The number of aliphatic imine (C=N–C) groups is 1. The van der Waals surface area contributed by atoms with Crippen LogP contribution >= 0.6 is 0 Å². The summed E-state index contributed by atoms with van der Waals surface area (Å²) >= 11 is 0. The maximum absolute atomic E-state index is 12.8. The molecule has 0 aliphatic rings. The second kappa shape index (κ2) is 12.5. The van der Waals surface area contributed by atoms with Gasteiger partial charge in [-0.1, -0.05) is 19.4 Å². The highest BCUT2D eigenvalue weighted by Gasteiger charge is 2.37. The molecule has 3 N–H and O–H groups in total. The van der Waals surface area contributed by atoms with Gasteiger partial charge in [0, 0.05) is 31.9 Å². The Kier molecular flexibility index (Phi) is 10.7. The normalized spacial score (nSPS) is 14.8. The molecule has 1 rings (SSSR count). The lowest BCUT2D eigenvalue weighted by Gasteiger charge is -2.20. The van der Waals surface area contributed by atoms with Crippen LogP contribution in [-0.2, 0) is 6.42 Å². The van der Waals surface area contributed by atoms with Crippen molar-refractivity contribution >= 4 is 11.9 Å². The molecule has 0 aliphatic heterocycles. The fraction of sp³-hybridized carbons (Fsp3) is 0.571. The molecule has 2 atom stereocenters. The average Bonchev–Trinajstić information content (AvgIpc) is 2.64. The van der Waals surface area contributed by atoms with E-state index in [1.54, 1.807) is 0 Å². The fourth-order valence-corrected chi connectivity index (χ4v) is 2.89. The molecule has 4 nitrogen and oxygen atoms in total. The van der Waals surface area contributed by atoms with Crippen molar-refractivity contribution in [2.24, 2.45) is 10.9 Å². The van der Waals surface area contributed by atoms with Crippen LogP contribution in [0.4, 0.5) is 32.0 Å². The molecular weight excluding hydrogens is 424 g/mol. The number of hydrogen-bond acceptors (Lipinski definition) is 4. The second-order valence-corrected chi connectivity index (χ2v) is 7.12. The number of allylic oxidation sites excluding steroid dienone is 1. The summed E-state index contributed by atoms with van der Waals surface area (Å²) in [4.78, 5) is 3.45. The van der Waals surface area contributed by atoms with Crippen LogP contribution in [0.1, 0.15) is 38.2 Å². The number of benzene rings is 1. The molecule has 0 saturated heterocycles. The molecule has 176 valence electrons. The molecule has 10 heteroatoms. The standard InChI is InChI=1S/C21H29F6N3O/c1-3-5-17(9-11-30-10-4-6-16(14-29-2)21(25,26)27)31-18-7-8-19(28)15(12-18)13-20(22,23)24/h4,7-8,10,12,14,16-17,30H,3,5-6,9,11,13,28H2,1-2H3/b10-4+,29-14?. The van der Waals surface area contributed by atoms with Crippen LogP contribution in [0, 0.1) is 5.92 Å². The van der Waals surface area contributed by atoms with Crippen LogP contribution in [0.5, 0.6) is 5.75 Å². The molecule has 0 bridgehead atoms. The van der Waals surface area contributed by atoms with E-state index in [0.717, 1.165) is 12.6 Å². The Morgan fingerprint density at radius 1 is 1.16 bits per heavy atom. The minimum absolute atomic E-state index is 0.0452. The Bertz CT molecular complexity index is 716. The Hall–Kier alpha value is -2.39. The predicted molar refractivity (Wildman–Crippen MR) is 110 cm³/mol. The smallest absolute Gasteiger partial charge is 0.396 e. The molecule has 0 aromatic heterocycles. The summed E-state index contributed by atoms with van der Waals surface area (Å²) in [5, 5.41) is 2.92. The Morgan fingerprint density at radius 3 is 2.45 bits per heavy atom. The highest BCUT2D eigenvalue weighted by Crippen LogP contribution is 2.29. The van der Waals surface area contributed by atoms with Crippen LogP contribution < -0.4 is 15.8 Å². The largest absolute Gasteiger partial charge is 0.490 e. The minimum atomic E-state index is -4.38. The summed E-state index contributed by atoms with van der Waals surface area (Å²) in [6.07, 6.45) is -4.64. The molecule has 0 heterocycles. The summed E-state index contributed by atoms with van der Waals surface area (Å²) in [6, 6.07) is 4.21. The number of hydrogen-bond donors (Lipinski definition) is 2. The molecule has 1 aromatic rings. The van der Waals surface area contributed by atoms with Crippen molar-refractivity contribution in [2.45, 2.75) is 57.5 Å². The lowest BCUT2D eigenvalue weighted by molar-refractivity contribution is -0.153. The van der Waals surface area contributed by atoms with Gasteiger partial charge in [-0.25, -0.2) is 0 Å². The zero-order valence-electron chi connectivity index (χ0n) is 17.6. The van der Waals surface area contributed by atoms with Gasteiger partial charge in [0.2, 0.25) is 0 Å². The first kappa shape index (κ1) is 26.6. The summed E-state index contributed by atoms with van der Waals surface area (Å²) in [6.45, 7) is 2.39. The maximum atomic E-state index is 12.8. The van der Waals surface area contributed by atoms with Gasteiger partial charge in [0.25, 0.3) is 0 Å². The number of ether oxygens (including phenoxy) is 1. The number of nitrogens with two attached hydrogens (primary N) is 1. The van der Waals surface area contributed by atoms with Gasteiger partial charge >= 0.3 is 12.4 Å². The van der Waals surface area contributed by atoms with E-state index in [1.165, 1.54) is 37.5 Å². The van der Waals surface area contributed by atoms with Crippen LogP contribution in [0.25, 0.3) is 0 Å². The highest BCUT2D eigenvalue weighted by atomic mass is 19.4. The molecule has 0 fully saturated rings. The topological polar surface area (TPSA) is 59.6 Å². The molecule has 0 amide bonds. The monoisotopic (exact) mass is 453 g/mol. The molecule has 0 aliphatic carbocycles. The fourth-order valence-electron chi connectivity index (χ4n) is 2.89. The van der Waals surface area contributed by atoms with Gasteiger partial charge in [0.05, 0.1) is 12.3 Å². The molecule has 0 radical (unpaired) electrons. The van der Waals surface area contributed by atoms with Gasteiger partial charge in [-0.2, -0.15) is 26.3 Å². The van der Waals surface area contributed by atoms with Gasteiger partial charge in [-0.05, 0) is 42.8 Å². The second-order valence-electron chi connectivity index (χ2n) is 7.12. The summed E-state index contributed by atoms with van der Waals surface area (Å²) in [7, 11) is 1.29. The first-order valence-corrected chi connectivity index (χ1v) is 9.95. The SMILES string of the molecule is CCCC(CCN/C=C/CC(C=NC)C(F)(F)F)Oc1ccc(N)c(CC(F)(F)F)c1. The number of halogens is 6. The molecule has 0 spiro atoms. The Balaban J connectivity index is 2.59. The molecule has 0 saturated carbocycles. The molecule has 1 aromatic carbocycles. The summed E-state index contributed by atoms with van der Waals surface area (Å²) in [5.41, 5.74) is 5.63. The Morgan fingerprint density at radius 2 is 1.87 bits per heavy atom. The minimum Gasteiger partial charge on any atom is -0.490 e. The molecular formula is C21H29F6N3O. The number of anilines is 1. The lowest BCUT2D eigenvalue weighted by atomic mass is 10.1. The van der Waals surface area contributed by atoms with E-state index >= 15 is 0 Å². The van der Waals surface area contributed by atoms with Crippen LogP contribution in [0.3, 0.4) is 0 Å². The van der Waals surface area contributed by atoms with Crippen molar-refractivity contribution in [3.63, 3.8) is 0 Å². The van der Waals surface area contributed by atoms with Gasteiger partial charge < -0.3 is 20.8 Å².